The van der Waals surface area contributed by atoms with E-state index < -0.39 is 9.84 Å². The van der Waals surface area contributed by atoms with E-state index >= 15 is 0 Å². The molecule has 7 nitrogen and oxygen atoms in total. The van der Waals surface area contributed by atoms with Crippen molar-refractivity contribution in [2.75, 3.05) is 30.6 Å². The molecule has 2 heterocycles. The number of sulfone groups is 1. The molecule has 0 N–H and O–H groups in total. The van der Waals surface area contributed by atoms with Gasteiger partial charge >= 0.3 is 0 Å². The average Bonchev–Trinajstić information content (AvgIpc) is 3.12. The van der Waals surface area contributed by atoms with Gasteiger partial charge in [0, 0.05) is 17.2 Å². The Morgan fingerprint density at radius 1 is 1.25 bits per heavy atom. The number of aliphatic imine (C=N–C) groups is 1. The molecule has 1 aromatic carbocycles. The van der Waals surface area contributed by atoms with E-state index in [9.17, 15) is 13.2 Å². The van der Waals surface area contributed by atoms with Crippen molar-refractivity contribution in [3.63, 3.8) is 0 Å². The van der Waals surface area contributed by atoms with E-state index in [1.54, 1.807) is 26.4 Å². The van der Waals surface area contributed by atoms with Crippen LogP contribution >= 0.6 is 11.8 Å². The molecule has 0 spiro atoms. The summed E-state index contributed by atoms with van der Waals surface area (Å²) in [5.74, 6) is 1.03. The lowest BCUT2D eigenvalue weighted by Gasteiger charge is -2.26. The number of fused-ring (bicyclic) bond motifs is 1. The van der Waals surface area contributed by atoms with Crippen molar-refractivity contribution in [2.24, 2.45) is 10.9 Å². The predicted octanol–water partition coefficient (Wildman–Crippen LogP) is 2.74. The lowest BCUT2D eigenvalue weighted by molar-refractivity contribution is -0.121. The molecule has 1 amide bonds. The summed E-state index contributed by atoms with van der Waals surface area (Å²) in [7, 11) is -0.00184. The van der Waals surface area contributed by atoms with Gasteiger partial charge in [-0.25, -0.2) is 8.42 Å². The molecule has 0 saturated carbocycles. The van der Waals surface area contributed by atoms with Gasteiger partial charge in [-0.1, -0.05) is 25.6 Å². The molecule has 0 aromatic heterocycles. The molecule has 2 aliphatic rings. The minimum Gasteiger partial charge on any atom is -0.497 e. The third-order valence-corrected chi connectivity index (χ3v) is 8.46. The fourth-order valence-corrected chi connectivity index (χ4v) is 7.57. The third-order valence-electron chi connectivity index (χ3n) is 5.25. The lowest BCUT2D eigenvalue weighted by atomic mass is 10.0. The number of methoxy groups -OCH3 is 2. The smallest absolute Gasteiger partial charge is 0.251 e. The van der Waals surface area contributed by atoms with Crippen molar-refractivity contribution in [3.05, 3.63) is 18.2 Å². The van der Waals surface area contributed by atoms with E-state index in [4.69, 9.17) is 9.47 Å². The molecule has 2 unspecified atom stereocenters. The van der Waals surface area contributed by atoms with Crippen LogP contribution in [0.5, 0.6) is 11.5 Å². The number of nitrogens with zero attached hydrogens (tertiary/aromatic N) is 2. The molecule has 0 bridgehead atoms. The van der Waals surface area contributed by atoms with Crippen LogP contribution in [0, 0.1) is 5.92 Å². The first-order valence-corrected chi connectivity index (χ1v) is 12.0. The van der Waals surface area contributed by atoms with Gasteiger partial charge in [0.2, 0.25) is 0 Å². The normalized spacial score (nSPS) is 24.6. The monoisotopic (exact) mass is 426 g/mol. The number of thioether (sulfide) groups is 1. The first-order chi connectivity index (χ1) is 13.3. The molecule has 2 atom stereocenters. The van der Waals surface area contributed by atoms with Crippen molar-refractivity contribution >= 4 is 38.4 Å². The highest BCUT2D eigenvalue weighted by molar-refractivity contribution is 8.16. The fraction of sp³-hybridized carbons (Fsp3) is 0.579. The zero-order valence-electron chi connectivity index (χ0n) is 16.5. The third kappa shape index (κ3) is 4.00. The van der Waals surface area contributed by atoms with Crippen LogP contribution in [0.2, 0.25) is 0 Å². The maximum Gasteiger partial charge on any atom is 0.251 e. The Bertz CT molecular complexity index is 880. The van der Waals surface area contributed by atoms with Crippen molar-refractivity contribution < 1.29 is 22.7 Å². The van der Waals surface area contributed by atoms with Crippen molar-refractivity contribution in [1.82, 2.24) is 0 Å². The van der Waals surface area contributed by atoms with Gasteiger partial charge in [-0.15, -0.1) is 0 Å². The maximum atomic E-state index is 12.6. The van der Waals surface area contributed by atoms with Crippen LogP contribution in [0.1, 0.15) is 26.7 Å². The second-order valence-electron chi connectivity index (χ2n) is 6.95. The van der Waals surface area contributed by atoms with Gasteiger partial charge in [-0.2, -0.15) is 4.99 Å². The summed E-state index contributed by atoms with van der Waals surface area (Å²) >= 11 is 1.37. The Balaban J connectivity index is 2.05. The van der Waals surface area contributed by atoms with Gasteiger partial charge in [0.1, 0.15) is 11.5 Å². The summed E-state index contributed by atoms with van der Waals surface area (Å²) in [5, 5.41) is 0.398. The zero-order chi connectivity index (χ0) is 20.5. The summed E-state index contributed by atoms with van der Waals surface area (Å²) in [5.41, 5.74) is 0.691. The second-order valence-corrected chi connectivity index (χ2v) is 10.3. The lowest BCUT2D eigenvalue weighted by Crippen LogP contribution is -2.38. The molecule has 28 heavy (non-hydrogen) atoms. The number of carbonyl (C=O) groups excluding carboxylic acids is 1. The van der Waals surface area contributed by atoms with Crippen LogP contribution in [0.25, 0.3) is 0 Å². The Kier molecular flexibility index (Phi) is 6.24. The number of carbonyl (C=O) groups is 1. The first kappa shape index (κ1) is 21.0. The second kappa shape index (κ2) is 8.32. The Morgan fingerprint density at radius 3 is 2.57 bits per heavy atom. The average molecular weight is 427 g/mol. The molecule has 154 valence electrons. The van der Waals surface area contributed by atoms with Crippen molar-refractivity contribution in [1.29, 1.82) is 0 Å². The number of rotatable bonds is 6. The molecule has 0 radical (unpaired) electrons. The highest BCUT2D eigenvalue weighted by Gasteiger charge is 2.50. The minimum absolute atomic E-state index is 0.0397. The largest absolute Gasteiger partial charge is 0.497 e. The van der Waals surface area contributed by atoms with Gasteiger partial charge in [-0.3, -0.25) is 4.79 Å². The summed E-state index contributed by atoms with van der Waals surface area (Å²) < 4.78 is 35.2. The van der Waals surface area contributed by atoms with Crippen LogP contribution in [-0.2, 0) is 14.6 Å². The number of benzene rings is 1. The van der Waals surface area contributed by atoms with E-state index in [0.717, 1.165) is 12.8 Å². The minimum atomic E-state index is -3.12. The number of hydrogen-bond acceptors (Lipinski definition) is 6. The van der Waals surface area contributed by atoms with Gasteiger partial charge in [0.05, 0.1) is 37.5 Å². The van der Waals surface area contributed by atoms with Gasteiger partial charge < -0.3 is 14.4 Å². The number of amides is 1. The number of amidine groups is 1. The Labute approximate surface area is 170 Å². The summed E-state index contributed by atoms with van der Waals surface area (Å²) in [6.07, 6.45) is 1.45. The number of anilines is 1. The van der Waals surface area contributed by atoms with Crippen LogP contribution in [-0.4, -0.2) is 56.5 Å². The molecule has 2 saturated heterocycles. The maximum absolute atomic E-state index is 12.6. The molecule has 3 rings (SSSR count). The van der Waals surface area contributed by atoms with Crippen LogP contribution < -0.4 is 14.4 Å². The summed E-state index contributed by atoms with van der Waals surface area (Å²) in [4.78, 5) is 18.9. The Hall–Kier alpha value is -1.74. The quantitative estimate of drug-likeness (QED) is 0.691. The standard InChI is InChI=1S/C19H26N2O5S2/c1-5-12(6-2)18(22)20-19-21(15-10-28(23,24)11-17(15)27-19)14-8-7-13(25-3)9-16(14)26-4/h7-9,12,15,17H,5-6,10-11H2,1-4H3. The molecule has 1 aromatic rings. The number of ether oxygens (including phenoxy) is 2. The molecule has 2 aliphatic heterocycles. The SMILES string of the molecule is CCC(CC)C(=O)N=C1SC2CS(=O)(=O)CC2N1c1ccc(OC)cc1OC. The van der Waals surface area contributed by atoms with Crippen molar-refractivity contribution in [3.8, 4) is 11.5 Å². The summed E-state index contributed by atoms with van der Waals surface area (Å²) in [6.45, 7) is 3.94. The number of hydrogen-bond donors (Lipinski definition) is 0. The zero-order valence-corrected chi connectivity index (χ0v) is 18.2. The summed E-state index contributed by atoms with van der Waals surface area (Å²) in [6, 6.07) is 5.09. The van der Waals surface area contributed by atoms with Crippen LogP contribution in [0.4, 0.5) is 5.69 Å². The first-order valence-electron chi connectivity index (χ1n) is 9.34. The van der Waals surface area contributed by atoms with Crippen LogP contribution in [0.3, 0.4) is 0 Å². The van der Waals surface area contributed by atoms with Gasteiger partial charge in [0.25, 0.3) is 5.91 Å². The highest BCUT2D eigenvalue weighted by Crippen LogP contribution is 2.44. The molecule has 2 fully saturated rings. The Morgan fingerprint density at radius 2 is 1.96 bits per heavy atom. The van der Waals surface area contributed by atoms with Gasteiger partial charge in [0.15, 0.2) is 15.0 Å². The highest BCUT2D eigenvalue weighted by atomic mass is 32.2. The predicted molar refractivity (Wildman–Crippen MR) is 112 cm³/mol. The van der Waals surface area contributed by atoms with E-state index in [-0.39, 0.29) is 34.6 Å². The molecule has 9 heteroatoms. The fourth-order valence-electron chi connectivity index (χ4n) is 3.65. The van der Waals surface area contributed by atoms with E-state index in [2.05, 4.69) is 4.99 Å². The topological polar surface area (TPSA) is 85.3 Å². The van der Waals surface area contributed by atoms with Crippen molar-refractivity contribution in [2.45, 2.75) is 38.0 Å². The van der Waals surface area contributed by atoms with E-state index in [1.807, 2.05) is 24.8 Å². The van der Waals surface area contributed by atoms with E-state index in [1.165, 1.54) is 11.8 Å². The molecule has 0 aliphatic carbocycles. The van der Waals surface area contributed by atoms with Crippen LogP contribution in [0.15, 0.2) is 23.2 Å². The van der Waals surface area contributed by atoms with Gasteiger partial charge in [-0.05, 0) is 25.0 Å². The van der Waals surface area contributed by atoms with E-state index in [0.29, 0.717) is 22.4 Å². The molecular weight excluding hydrogens is 400 g/mol. The molecular formula is C19H26N2O5S2.